The van der Waals surface area contributed by atoms with Crippen molar-refractivity contribution in [3.05, 3.63) is 41.9 Å². The predicted octanol–water partition coefficient (Wildman–Crippen LogP) is 3.71. The maximum absolute atomic E-state index is 13.3. The van der Waals surface area contributed by atoms with Crippen molar-refractivity contribution >= 4 is 17.6 Å². The Morgan fingerprint density at radius 2 is 1.96 bits per heavy atom. The molecule has 0 aliphatic heterocycles. The normalized spacial score (nSPS) is 11.2. The monoisotopic (exact) mass is 327 g/mol. The molecule has 122 valence electrons. The molecule has 0 radical (unpaired) electrons. The van der Waals surface area contributed by atoms with Crippen molar-refractivity contribution < 1.29 is 31.9 Å². The fraction of sp³-hybridized carbons (Fsp3) is 0.200. The number of alkyl halides is 3. The first-order valence-corrected chi connectivity index (χ1v) is 6.37. The van der Waals surface area contributed by atoms with Gasteiger partial charge in [0.2, 0.25) is 5.91 Å². The van der Waals surface area contributed by atoms with Gasteiger partial charge >= 0.3 is 12.1 Å². The number of anilines is 1. The number of benzene rings is 1. The zero-order chi connectivity index (χ0) is 17.2. The van der Waals surface area contributed by atoms with Crippen molar-refractivity contribution in [3.63, 3.8) is 0 Å². The van der Waals surface area contributed by atoms with E-state index in [1.165, 1.54) is 12.3 Å². The molecule has 0 fully saturated rings. The number of rotatable bonds is 3. The Hall–Kier alpha value is -2.77. The van der Waals surface area contributed by atoms with Crippen LogP contribution in [0.4, 0.5) is 18.9 Å². The lowest BCUT2D eigenvalue weighted by molar-refractivity contribution is -0.137. The van der Waals surface area contributed by atoms with Crippen molar-refractivity contribution in [3.8, 4) is 11.1 Å². The van der Waals surface area contributed by atoms with Crippen LogP contribution in [0.5, 0.6) is 0 Å². The second-order valence-electron chi connectivity index (χ2n) is 4.63. The largest absolute Gasteiger partial charge is 0.472 e. The third-order valence-corrected chi connectivity index (χ3v) is 3.01. The molecule has 0 atom stereocenters. The SMILES string of the molecule is COC(=O)c1cc(-c2ccoc2)c(C(F)(F)F)cc1NC(C)=O. The smallest absolute Gasteiger partial charge is 0.417 e. The summed E-state index contributed by atoms with van der Waals surface area (Å²) in [6.07, 6.45) is -2.34. The van der Waals surface area contributed by atoms with Crippen LogP contribution in [-0.2, 0) is 15.7 Å². The molecule has 1 amide bonds. The lowest BCUT2D eigenvalue weighted by Gasteiger charge is -2.17. The molecule has 0 bridgehead atoms. The summed E-state index contributed by atoms with van der Waals surface area (Å²) in [5.41, 5.74) is -1.57. The van der Waals surface area contributed by atoms with Crippen molar-refractivity contribution in [1.82, 2.24) is 0 Å². The highest BCUT2D eigenvalue weighted by molar-refractivity contribution is 6.02. The highest BCUT2D eigenvalue weighted by Crippen LogP contribution is 2.40. The Morgan fingerprint density at radius 3 is 2.43 bits per heavy atom. The minimum Gasteiger partial charge on any atom is -0.472 e. The summed E-state index contributed by atoms with van der Waals surface area (Å²) in [5, 5.41) is 2.21. The fourth-order valence-corrected chi connectivity index (χ4v) is 2.06. The Balaban J connectivity index is 2.75. The van der Waals surface area contributed by atoms with Gasteiger partial charge in [-0.3, -0.25) is 4.79 Å². The first-order valence-electron chi connectivity index (χ1n) is 6.37. The summed E-state index contributed by atoms with van der Waals surface area (Å²) < 4.78 is 49.3. The number of amides is 1. The summed E-state index contributed by atoms with van der Waals surface area (Å²) in [6.45, 7) is 1.12. The first-order chi connectivity index (χ1) is 10.7. The molecule has 5 nitrogen and oxygen atoms in total. The molecular weight excluding hydrogens is 315 g/mol. The predicted molar refractivity (Wildman–Crippen MR) is 74.8 cm³/mol. The second kappa shape index (κ2) is 6.15. The van der Waals surface area contributed by atoms with Crippen LogP contribution in [0.15, 0.2) is 35.1 Å². The van der Waals surface area contributed by atoms with Crippen molar-refractivity contribution in [2.75, 3.05) is 12.4 Å². The number of methoxy groups -OCH3 is 1. The maximum Gasteiger partial charge on any atom is 0.417 e. The summed E-state index contributed by atoms with van der Waals surface area (Å²) in [5.74, 6) is -1.48. The summed E-state index contributed by atoms with van der Waals surface area (Å²) in [6, 6.07) is 3.06. The molecule has 1 N–H and O–H groups in total. The van der Waals surface area contributed by atoms with E-state index in [1.54, 1.807) is 0 Å². The molecule has 0 aliphatic rings. The van der Waals surface area contributed by atoms with E-state index in [9.17, 15) is 22.8 Å². The molecule has 0 unspecified atom stereocenters. The third kappa shape index (κ3) is 3.53. The van der Waals surface area contributed by atoms with Crippen LogP contribution < -0.4 is 5.32 Å². The second-order valence-corrected chi connectivity index (χ2v) is 4.63. The van der Waals surface area contributed by atoms with Gasteiger partial charge in [0, 0.05) is 12.5 Å². The number of ether oxygens (including phenoxy) is 1. The maximum atomic E-state index is 13.3. The lowest BCUT2D eigenvalue weighted by atomic mass is 9.97. The van der Waals surface area contributed by atoms with Crippen LogP contribution in [0.25, 0.3) is 11.1 Å². The van der Waals surface area contributed by atoms with E-state index in [-0.39, 0.29) is 22.4 Å². The Kier molecular flexibility index (Phi) is 4.44. The van der Waals surface area contributed by atoms with Gasteiger partial charge in [0.15, 0.2) is 0 Å². The van der Waals surface area contributed by atoms with Gasteiger partial charge in [0.1, 0.15) is 0 Å². The van der Waals surface area contributed by atoms with Gasteiger partial charge in [-0.25, -0.2) is 4.79 Å². The number of carbonyl (C=O) groups excluding carboxylic acids is 2. The minimum atomic E-state index is -4.69. The standard InChI is InChI=1S/C15H12F3NO4/c1-8(20)19-13-6-12(15(16,17)18)10(9-3-4-23-7-9)5-11(13)14(21)22-2/h3-7H,1-2H3,(H,19,20). The zero-order valence-electron chi connectivity index (χ0n) is 12.2. The molecule has 0 saturated heterocycles. The van der Waals surface area contributed by atoms with Crippen molar-refractivity contribution in [1.29, 1.82) is 0 Å². The highest BCUT2D eigenvalue weighted by Gasteiger charge is 2.35. The Bertz CT molecular complexity index is 736. The number of furan rings is 1. The minimum absolute atomic E-state index is 0.150. The summed E-state index contributed by atoms with van der Waals surface area (Å²) in [7, 11) is 1.09. The van der Waals surface area contributed by atoms with E-state index >= 15 is 0 Å². The molecule has 1 aromatic carbocycles. The molecule has 23 heavy (non-hydrogen) atoms. The third-order valence-electron chi connectivity index (χ3n) is 3.01. The van der Waals surface area contributed by atoms with E-state index in [0.717, 1.165) is 26.4 Å². The van der Waals surface area contributed by atoms with E-state index in [4.69, 9.17) is 4.42 Å². The molecule has 1 heterocycles. The van der Waals surface area contributed by atoms with Crippen LogP contribution in [-0.4, -0.2) is 19.0 Å². The molecule has 8 heteroatoms. The molecular formula is C15H12F3NO4. The molecule has 1 aromatic heterocycles. The number of carbonyl (C=O) groups is 2. The van der Waals surface area contributed by atoms with Crippen molar-refractivity contribution in [2.45, 2.75) is 13.1 Å². The zero-order valence-corrected chi connectivity index (χ0v) is 12.2. The average molecular weight is 327 g/mol. The van der Waals surface area contributed by atoms with Crippen LogP contribution >= 0.6 is 0 Å². The van der Waals surface area contributed by atoms with E-state index in [2.05, 4.69) is 10.1 Å². The molecule has 0 saturated carbocycles. The molecule has 2 rings (SSSR count). The Labute approximate surface area is 129 Å². The average Bonchev–Trinajstić information content (AvgIpc) is 2.98. The van der Waals surface area contributed by atoms with Gasteiger partial charge in [0.25, 0.3) is 0 Å². The van der Waals surface area contributed by atoms with Gasteiger partial charge < -0.3 is 14.5 Å². The Morgan fingerprint density at radius 1 is 1.26 bits per heavy atom. The van der Waals surface area contributed by atoms with Crippen LogP contribution in [0, 0.1) is 0 Å². The van der Waals surface area contributed by atoms with E-state index in [0.29, 0.717) is 6.07 Å². The molecule has 2 aromatic rings. The number of esters is 1. The topological polar surface area (TPSA) is 68.5 Å². The van der Waals surface area contributed by atoms with Gasteiger partial charge in [-0.1, -0.05) is 0 Å². The van der Waals surface area contributed by atoms with Gasteiger partial charge in [0.05, 0.1) is 36.5 Å². The fourth-order valence-electron chi connectivity index (χ4n) is 2.06. The first kappa shape index (κ1) is 16.6. The quantitative estimate of drug-likeness (QED) is 0.873. The van der Waals surface area contributed by atoms with Crippen LogP contribution in [0.3, 0.4) is 0 Å². The number of hydrogen-bond donors (Lipinski definition) is 1. The van der Waals surface area contributed by atoms with Gasteiger partial charge in [-0.05, 0) is 23.8 Å². The van der Waals surface area contributed by atoms with Crippen molar-refractivity contribution in [2.24, 2.45) is 0 Å². The number of nitrogens with one attached hydrogen (secondary N) is 1. The highest BCUT2D eigenvalue weighted by atomic mass is 19.4. The van der Waals surface area contributed by atoms with E-state index in [1.807, 2.05) is 0 Å². The van der Waals surface area contributed by atoms with Crippen LogP contribution in [0.1, 0.15) is 22.8 Å². The number of halogens is 3. The molecule has 0 aliphatic carbocycles. The summed E-state index contributed by atoms with van der Waals surface area (Å²) >= 11 is 0. The van der Waals surface area contributed by atoms with Crippen LogP contribution in [0.2, 0.25) is 0 Å². The van der Waals surface area contributed by atoms with Gasteiger partial charge in [-0.2, -0.15) is 13.2 Å². The number of hydrogen-bond acceptors (Lipinski definition) is 4. The van der Waals surface area contributed by atoms with Gasteiger partial charge in [-0.15, -0.1) is 0 Å². The summed E-state index contributed by atoms with van der Waals surface area (Å²) in [4.78, 5) is 23.0. The van der Waals surface area contributed by atoms with E-state index < -0.39 is 23.6 Å². The molecule has 0 spiro atoms. The lowest BCUT2D eigenvalue weighted by Crippen LogP contribution is -2.15.